The highest BCUT2D eigenvalue weighted by Gasteiger charge is 2.12. The zero-order valence-corrected chi connectivity index (χ0v) is 11.2. The van der Waals surface area contributed by atoms with E-state index >= 15 is 0 Å². The zero-order chi connectivity index (χ0) is 13.1. The second-order valence-corrected chi connectivity index (χ2v) is 4.49. The molecule has 0 unspecified atom stereocenters. The Kier molecular flexibility index (Phi) is 3.73. The van der Waals surface area contributed by atoms with Gasteiger partial charge in [-0.2, -0.15) is 0 Å². The summed E-state index contributed by atoms with van der Waals surface area (Å²) >= 11 is 8.90. The number of rotatable bonds is 2. The van der Waals surface area contributed by atoms with Gasteiger partial charge in [0.05, 0.1) is 5.56 Å². The largest absolute Gasteiger partial charge is 0.384 e. The van der Waals surface area contributed by atoms with E-state index in [9.17, 15) is 4.79 Å². The van der Waals surface area contributed by atoms with Crippen molar-refractivity contribution in [2.24, 2.45) is 0 Å². The maximum Gasteiger partial charge on any atom is 0.259 e. The maximum absolute atomic E-state index is 12.0. The average molecular weight is 329 g/mol. The van der Waals surface area contributed by atoms with E-state index in [1.165, 1.54) is 24.5 Å². The molecule has 2 rings (SSSR count). The number of hydrogen-bond donors (Lipinski definition) is 2. The Balaban J connectivity index is 2.24. The molecule has 0 bridgehead atoms. The second kappa shape index (κ2) is 5.28. The van der Waals surface area contributed by atoms with Crippen LogP contribution in [0.15, 0.2) is 29.0 Å². The summed E-state index contributed by atoms with van der Waals surface area (Å²) in [7, 11) is 0. The molecule has 0 saturated carbocycles. The number of amides is 1. The standard InChI is InChI=1S/C10H7BrClN5O/c11-6-4-15-8(13)3-5(6)9(18)17-10-14-2-1-7(12)16-10/h1-4H,(H2,13,15)(H,14,16,17,18). The number of nitrogen functional groups attached to an aromatic ring is 1. The third-order valence-corrected chi connectivity index (χ3v) is 2.81. The van der Waals surface area contributed by atoms with Crippen LogP contribution in [0.5, 0.6) is 0 Å². The minimum Gasteiger partial charge on any atom is -0.384 e. The summed E-state index contributed by atoms with van der Waals surface area (Å²) in [5.41, 5.74) is 5.86. The highest BCUT2D eigenvalue weighted by atomic mass is 79.9. The van der Waals surface area contributed by atoms with Crippen LogP contribution in [0.3, 0.4) is 0 Å². The Bertz CT molecular complexity index is 607. The Morgan fingerprint density at radius 2 is 2.22 bits per heavy atom. The number of carbonyl (C=O) groups excluding carboxylic acids is 1. The van der Waals surface area contributed by atoms with Gasteiger partial charge in [0.2, 0.25) is 5.95 Å². The number of pyridine rings is 1. The molecule has 0 aliphatic carbocycles. The van der Waals surface area contributed by atoms with Gasteiger partial charge in [-0.1, -0.05) is 11.6 Å². The third-order valence-electron chi connectivity index (χ3n) is 1.97. The van der Waals surface area contributed by atoms with Crippen molar-refractivity contribution in [3.05, 3.63) is 39.7 Å². The molecular weight excluding hydrogens is 322 g/mol. The first-order valence-electron chi connectivity index (χ1n) is 4.77. The van der Waals surface area contributed by atoms with Gasteiger partial charge in [0.15, 0.2) is 0 Å². The summed E-state index contributed by atoms with van der Waals surface area (Å²) in [5.74, 6) is -0.0385. The number of aromatic nitrogens is 3. The lowest BCUT2D eigenvalue weighted by molar-refractivity contribution is 0.102. The Morgan fingerprint density at radius 3 is 2.94 bits per heavy atom. The van der Waals surface area contributed by atoms with Gasteiger partial charge in [-0.25, -0.2) is 15.0 Å². The van der Waals surface area contributed by atoms with Crippen molar-refractivity contribution in [1.29, 1.82) is 0 Å². The summed E-state index contributed by atoms with van der Waals surface area (Å²) in [6.07, 6.45) is 2.89. The molecule has 0 fully saturated rings. The van der Waals surface area contributed by atoms with Gasteiger partial charge in [0.25, 0.3) is 5.91 Å². The molecule has 6 nitrogen and oxygen atoms in total. The fourth-order valence-electron chi connectivity index (χ4n) is 1.19. The number of hydrogen-bond acceptors (Lipinski definition) is 5. The molecule has 3 N–H and O–H groups in total. The van der Waals surface area contributed by atoms with E-state index in [2.05, 4.69) is 36.2 Å². The van der Waals surface area contributed by atoms with Gasteiger partial charge in [0.1, 0.15) is 11.0 Å². The van der Waals surface area contributed by atoms with Crippen molar-refractivity contribution in [3.63, 3.8) is 0 Å². The first kappa shape index (κ1) is 12.7. The van der Waals surface area contributed by atoms with Crippen molar-refractivity contribution < 1.29 is 4.79 Å². The first-order chi connectivity index (χ1) is 8.56. The van der Waals surface area contributed by atoms with Gasteiger partial charge in [-0.05, 0) is 28.1 Å². The van der Waals surface area contributed by atoms with E-state index in [-0.39, 0.29) is 16.9 Å². The molecule has 0 aliphatic rings. The summed E-state index contributed by atoms with van der Waals surface area (Å²) in [6, 6.07) is 2.96. The number of nitrogens with two attached hydrogens (primary N) is 1. The minimum absolute atomic E-state index is 0.120. The lowest BCUT2D eigenvalue weighted by Crippen LogP contribution is -2.15. The number of halogens is 2. The number of nitrogens with zero attached hydrogens (tertiary/aromatic N) is 3. The molecule has 2 heterocycles. The molecule has 2 aromatic rings. The molecule has 2 aromatic heterocycles. The van der Waals surface area contributed by atoms with Crippen molar-refractivity contribution in [1.82, 2.24) is 15.0 Å². The molecule has 0 atom stereocenters. The molecule has 0 saturated heterocycles. The molecule has 92 valence electrons. The Hall–Kier alpha value is -1.73. The van der Waals surface area contributed by atoms with E-state index in [4.69, 9.17) is 17.3 Å². The van der Waals surface area contributed by atoms with Crippen LogP contribution in [-0.2, 0) is 0 Å². The van der Waals surface area contributed by atoms with Gasteiger partial charge in [-0.3, -0.25) is 10.1 Å². The van der Waals surface area contributed by atoms with E-state index < -0.39 is 5.91 Å². The first-order valence-corrected chi connectivity index (χ1v) is 5.94. The Labute approximate surface area is 116 Å². The number of nitrogens with one attached hydrogen (secondary N) is 1. The SMILES string of the molecule is Nc1cc(C(=O)Nc2nccc(Cl)n2)c(Br)cn1. The third kappa shape index (κ3) is 2.93. The molecule has 8 heteroatoms. The van der Waals surface area contributed by atoms with E-state index in [1.54, 1.807) is 0 Å². The molecule has 0 aromatic carbocycles. The lowest BCUT2D eigenvalue weighted by Gasteiger charge is -2.05. The highest BCUT2D eigenvalue weighted by Crippen LogP contribution is 2.18. The molecular formula is C10H7BrClN5O. The predicted molar refractivity (Wildman–Crippen MR) is 71.3 cm³/mol. The average Bonchev–Trinajstić information content (AvgIpc) is 2.32. The topological polar surface area (TPSA) is 93.8 Å². The van der Waals surface area contributed by atoms with Gasteiger partial charge in [0, 0.05) is 16.9 Å². The van der Waals surface area contributed by atoms with Crippen molar-refractivity contribution in [3.8, 4) is 0 Å². The fraction of sp³-hybridized carbons (Fsp3) is 0. The summed E-state index contributed by atoms with van der Waals surface area (Å²) in [5, 5.41) is 2.75. The zero-order valence-electron chi connectivity index (χ0n) is 8.89. The van der Waals surface area contributed by atoms with Crippen molar-refractivity contribution in [2.75, 3.05) is 11.1 Å². The highest BCUT2D eigenvalue weighted by molar-refractivity contribution is 9.10. The molecule has 0 spiro atoms. The second-order valence-electron chi connectivity index (χ2n) is 3.25. The molecule has 1 amide bonds. The summed E-state index contributed by atoms with van der Waals surface area (Å²) in [6.45, 7) is 0. The van der Waals surface area contributed by atoms with E-state index in [0.717, 1.165) is 0 Å². The van der Waals surface area contributed by atoms with E-state index in [0.29, 0.717) is 10.0 Å². The van der Waals surface area contributed by atoms with Crippen LogP contribution in [0, 0.1) is 0 Å². The van der Waals surface area contributed by atoms with Crippen LogP contribution >= 0.6 is 27.5 Å². The van der Waals surface area contributed by atoms with Crippen LogP contribution in [0.2, 0.25) is 5.15 Å². The van der Waals surface area contributed by atoms with Gasteiger partial charge >= 0.3 is 0 Å². The van der Waals surface area contributed by atoms with E-state index in [1.807, 2.05) is 0 Å². The van der Waals surface area contributed by atoms with Gasteiger partial charge in [-0.15, -0.1) is 0 Å². The smallest absolute Gasteiger partial charge is 0.259 e. The summed E-state index contributed by atoms with van der Waals surface area (Å²) in [4.78, 5) is 23.5. The summed E-state index contributed by atoms with van der Waals surface area (Å²) < 4.78 is 0.524. The minimum atomic E-state index is -0.404. The van der Waals surface area contributed by atoms with Crippen LogP contribution < -0.4 is 11.1 Å². The van der Waals surface area contributed by atoms with Crippen LogP contribution in [0.25, 0.3) is 0 Å². The molecule has 18 heavy (non-hydrogen) atoms. The monoisotopic (exact) mass is 327 g/mol. The fourth-order valence-corrected chi connectivity index (χ4v) is 1.73. The lowest BCUT2D eigenvalue weighted by atomic mass is 10.2. The maximum atomic E-state index is 12.0. The molecule has 0 aliphatic heterocycles. The van der Waals surface area contributed by atoms with Gasteiger partial charge < -0.3 is 5.73 Å². The number of carbonyl (C=O) groups is 1. The normalized spacial score (nSPS) is 10.1. The van der Waals surface area contributed by atoms with Crippen LogP contribution in [0.1, 0.15) is 10.4 Å². The van der Waals surface area contributed by atoms with Crippen LogP contribution in [-0.4, -0.2) is 20.9 Å². The predicted octanol–water partition coefficient (Wildman–Crippen LogP) is 2.12. The molecule has 0 radical (unpaired) electrons. The van der Waals surface area contributed by atoms with Crippen molar-refractivity contribution in [2.45, 2.75) is 0 Å². The van der Waals surface area contributed by atoms with Crippen molar-refractivity contribution >= 4 is 45.2 Å². The van der Waals surface area contributed by atoms with Crippen LogP contribution in [0.4, 0.5) is 11.8 Å². The number of anilines is 2. The Morgan fingerprint density at radius 1 is 1.44 bits per heavy atom. The quantitative estimate of drug-likeness (QED) is 0.824.